The summed E-state index contributed by atoms with van der Waals surface area (Å²) in [6.45, 7) is 1.08. The van der Waals surface area contributed by atoms with Crippen LogP contribution in [0.2, 0.25) is 0 Å². The van der Waals surface area contributed by atoms with Crippen LogP contribution in [0.3, 0.4) is 0 Å². The zero-order valence-electron chi connectivity index (χ0n) is 4.77. The van der Waals surface area contributed by atoms with E-state index in [9.17, 15) is 4.21 Å². The monoisotopic (exact) mass is 206 g/mol. The van der Waals surface area contributed by atoms with Crippen LogP contribution in [0.4, 0.5) is 0 Å². The molecule has 0 aliphatic heterocycles. The molecule has 0 aromatic rings. The van der Waals surface area contributed by atoms with E-state index in [0.29, 0.717) is 0 Å². The van der Waals surface area contributed by atoms with Gasteiger partial charge in [-0.15, -0.1) is 0 Å². The Morgan fingerprint density at radius 3 is 1.78 bits per heavy atom. The third-order valence-corrected chi connectivity index (χ3v) is 1.72. The fourth-order valence-electron chi connectivity index (χ4n) is 0. The Bertz CT molecular complexity index is 99.1. The molecule has 52 valence electrons. The summed E-state index contributed by atoms with van der Waals surface area (Å²) in [5.41, 5.74) is 0. The standard InChI is InChI=1S/C2H4O2.O2S.H2O.Zn/c1-2(3)4;1-3-2;;/h1H3,(H,3,4);;1H2;. The van der Waals surface area contributed by atoms with Crippen molar-refractivity contribution in [1.29, 1.82) is 0 Å². The molecule has 0 aliphatic carbocycles. The van der Waals surface area contributed by atoms with Crippen LogP contribution in [-0.2, 0) is 30.1 Å². The van der Waals surface area contributed by atoms with Gasteiger partial charge in [0, 0.05) is 6.92 Å². The number of rotatable bonds is 1. The molecule has 1 unspecified atom stereocenters. The Labute approximate surface area is 61.2 Å². The summed E-state index contributed by atoms with van der Waals surface area (Å²) in [7, 11) is -1.83. The van der Waals surface area contributed by atoms with Gasteiger partial charge in [-0.25, -0.2) is 0 Å². The van der Waals surface area contributed by atoms with Crippen molar-refractivity contribution >= 4 is 15.0 Å². The van der Waals surface area contributed by atoms with E-state index in [4.69, 9.17) is 18.4 Å². The van der Waals surface area contributed by atoms with Crippen molar-refractivity contribution in [3.8, 4) is 0 Å². The van der Waals surface area contributed by atoms with E-state index in [1.54, 1.807) is 0 Å². The van der Waals surface area contributed by atoms with Gasteiger partial charge in [-0.1, -0.05) is 0 Å². The van der Waals surface area contributed by atoms with E-state index < -0.39 is 31.3 Å². The molecule has 0 radical (unpaired) electrons. The van der Waals surface area contributed by atoms with Crippen molar-refractivity contribution in [2.75, 3.05) is 0 Å². The van der Waals surface area contributed by atoms with Crippen LogP contribution in [0, 0.1) is 0 Å². The molecule has 0 heterocycles. The third-order valence-electron chi connectivity index (χ3n) is 0.110. The van der Waals surface area contributed by atoms with Crippen molar-refractivity contribution in [2.24, 2.45) is 0 Å². The van der Waals surface area contributed by atoms with Crippen LogP contribution in [0.1, 0.15) is 6.92 Å². The van der Waals surface area contributed by atoms with Gasteiger partial charge in [0.2, 0.25) is 0 Å². The number of carbonyl (C=O) groups is 1. The summed E-state index contributed by atoms with van der Waals surface area (Å²) in [4.78, 5) is 9.00. The van der Waals surface area contributed by atoms with Crippen molar-refractivity contribution < 1.29 is 38.9 Å². The van der Waals surface area contributed by atoms with Crippen molar-refractivity contribution in [1.82, 2.24) is 0 Å². The molecule has 0 aromatic carbocycles. The second-order valence-electron chi connectivity index (χ2n) is 0.970. The minimum absolute atomic E-state index is 0.833. The van der Waals surface area contributed by atoms with E-state index in [0.717, 1.165) is 6.92 Å². The third kappa shape index (κ3) is 66.3. The van der Waals surface area contributed by atoms with Gasteiger partial charge < -0.3 is 5.11 Å². The first-order valence-electron chi connectivity index (χ1n) is 1.88. The van der Waals surface area contributed by atoms with Gasteiger partial charge in [-0.05, 0) is 0 Å². The molecule has 0 spiro atoms. The van der Waals surface area contributed by atoms with Crippen LogP contribution in [0.15, 0.2) is 0 Å². The normalized spacial score (nSPS) is 10.1. The van der Waals surface area contributed by atoms with E-state index >= 15 is 0 Å². The average molecular weight is 208 g/mol. The SMILES string of the molecule is CC(=O)O.O=[S](O)[Zn][OH]. The number of aliphatic carboxylic acids is 1. The molecule has 9 heavy (non-hydrogen) atoms. The molecule has 0 aliphatic rings. The van der Waals surface area contributed by atoms with Crippen molar-refractivity contribution in [2.45, 2.75) is 6.92 Å². The molecular weight excluding hydrogens is 201 g/mol. The minimum atomic E-state index is -1.96. The van der Waals surface area contributed by atoms with Crippen LogP contribution < -0.4 is 0 Å². The van der Waals surface area contributed by atoms with Gasteiger partial charge in [0.05, 0.1) is 0 Å². The first-order valence-corrected chi connectivity index (χ1v) is 8.12. The summed E-state index contributed by atoms with van der Waals surface area (Å²) in [6, 6.07) is 0. The molecule has 0 aromatic heterocycles. The summed E-state index contributed by atoms with van der Waals surface area (Å²) < 4.78 is 24.8. The van der Waals surface area contributed by atoms with Crippen molar-refractivity contribution in [3.63, 3.8) is 0 Å². The second kappa shape index (κ2) is 8.16. The quantitative estimate of drug-likeness (QED) is 0.387. The fourth-order valence-corrected chi connectivity index (χ4v) is 0. The van der Waals surface area contributed by atoms with Gasteiger partial charge in [-0.3, -0.25) is 4.79 Å². The Balaban J connectivity index is 0. The maximum atomic E-state index is 9.31. The van der Waals surface area contributed by atoms with Gasteiger partial charge in [0.25, 0.3) is 5.97 Å². The Hall–Kier alpha value is 0.163. The average Bonchev–Trinajstić information content (AvgIpc) is 1.65. The van der Waals surface area contributed by atoms with E-state index in [1.807, 2.05) is 0 Å². The number of carboxylic acid groups (broad SMARTS) is 1. The summed E-state index contributed by atoms with van der Waals surface area (Å²) in [5.74, 6) is -0.833. The summed E-state index contributed by atoms with van der Waals surface area (Å²) >= 11 is -1.96. The number of carboxylic acids is 1. The molecule has 0 bridgehead atoms. The number of hydrogen-bond donors (Lipinski definition) is 3. The Kier molecular flexibility index (Phi) is 10.8. The van der Waals surface area contributed by atoms with Crippen LogP contribution >= 0.6 is 0 Å². The Morgan fingerprint density at radius 1 is 1.67 bits per heavy atom. The topological polar surface area (TPSA) is 94.8 Å². The van der Waals surface area contributed by atoms with E-state index in [2.05, 4.69) is 0 Å². The number of hydrogen-bond acceptors (Lipinski definition) is 3. The van der Waals surface area contributed by atoms with Gasteiger partial charge in [-0.2, -0.15) is 0 Å². The van der Waals surface area contributed by atoms with Crippen LogP contribution in [-0.4, -0.2) is 23.8 Å². The predicted octanol–water partition coefficient (Wildman–Crippen LogP) is -0.796. The van der Waals surface area contributed by atoms with Gasteiger partial charge in [0.1, 0.15) is 0 Å². The molecule has 1 atom stereocenters. The first kappa shape index (κ1) is 11.9. The Morgan fingerprint density at radius 2 is 1.78 bits per heavy atom. The molecule has 0 rings (SSSR count). The van der Waals surface area contributed by atoms with E-state index in [1.165, 1.54) is 0 Å². The summed E-state index contributed by atoms with van der Waals surface area (Å²) in [6.07, 6.45) is 0. The molecule has 7 heteroatoms. The molecular formula is C2H6O5SZn. The fraction of sp³-hybridized carbons (Fsp3) is 0.500. The molecule has 5 nitrogen and oxygen atoms in total. The molecule has 0 saturated carbocycles. The zero-order valence-corrected chi connectivity index (χ0v) is 8.56. The molecule has 0 fully saturated rings. The van der Waals surface area contributed by atoms with E-state index in [-0.39, 0.29) is 0 Å². The predicted molar refractivity (Wildman–Crippen MR) is 26.3 cm³/mol. The second-order valence-corrected chi connectivity index (χ2v) is 6.60. The molecule has 0 saturated heterocycles. The van der Waals surface area contributed by atoms with Crippen LogP contribution in [0.5, 0.6) is 0 Å². The van der Waals surface area contributed by atoms with Crippen LogP contribution in [0.25, 0.3) is 0 Å². The molecule has 0 amide bonds. The zero-order chi connectivity index (χ0) is 7.86. The van der Waals surface area contributed by atoms with Gasteiger partial charge >= 0.3 is 38.0 Å². The first-order chi connectivity index (χ1) is 4.00. The molecule has 3 N–H and O–H groups in total. The summed E-state index contributed by atoms with van der Waals surface area (Å²) in [5, 5.41) is 7.42. The van der Waals surface area contributed by atoms with Crippen molar-refractivity contribution in [3.05, 3.63) is 0 Å². The van der Waals surface area contributed by atoms with Gasteiger partial charge in [0.15, 0.2) is 0 Å². The maximum absolute atomic E-state index is 9.31.